The van der Waals surface area contributed by atoms with E-state index in [1.54, 1.807) is 6.20 Å². The molecule has 0 fully saturated rings. The van der Waals surface area contributed by atoms with E-state index in [1.807, 2.05) is 60.7 Å². The largest absolute Gasteiger partial charge is 0.326 e. The van der Waals surface area contributed by atoms with E-state index >= 15 is 0 Å². The Labute approximate surface area is 139 Å². The topological polar surface area (TPSA) is 54.9 Å². The van der Waals surface area contributed by atoms with Gasteiger partial charge in [0.05, 0.1) is 5.69 Å². The molecule has 1 heterocycles. The lowest BCUT2D eigenvalue weighted by molar-refractivity contribution is -0.114. The summed E-state index contributed by atoms with van der Waals surface area (Å²) in [6, 6.07) is 19.5. The van der Waals surface area contributed by atoms with Crippen molar-refractivity contribution in [2.75, 3.05) is 5.32 Å². The first-order chi connectivity index (χ1) is 11.2. The first kappa shape index (κ1) is 15.2. The van der Waals surface area contributed by atoms with Crippen molar-refractivity contribution in [2.45, 2.75) is 17.0 Å². The number of carbonyl (C=O) groups excluding carboxylic acids is 1. The van der Waals surface area contributed by atoms with Gasteiger partial charge in [0.15, 0.2) is 5.16 Å². The summed E-state index contributed by atoms with van der Waals surface area (Å²) in [5.41, 5.74) is 2.75. The average molecular weight is 321 g/mol. The zero-order chi connectivity index (χ0) is 16.1. The highest BCUT2D eigenvalue weighted by Crippen LogP contribution is 2.27. The smallest absolute Gasteiger partial charge is 0.221 e. The summed E-state index contributed by atoms with van der Waals surface area (Å²) >= 11 is 1.49. The fourth-order valence-corrected chi connectivity index (χ4v) is 2.82. The summed E-state index contributed by atoms with van der Waals surface area (Å²) in [6.07, 6.45) is 1.77. The Hall–Kier alpha value is -2.66. The molecule has 23 heavy (non-hydrogen) atoms. The second-order valence-electron chi connectivity index (χ2n) is 4.90. The van der Waals surface area contributed by atoms with E-state index in [1.165, 1.54) is 18.7 Å². The molecule has 3 rings (SSSR count). The number of amides is 1. The number of benzene rings is 2. The minimum absolute atomic E-state index is 0.0794. The van der Waals surface area contributed by atoms with E-state index in [0.29, 0.717) is 5.16 Å². The van der Waals surface area contributed by atoms with Gasteiger partial charge in [-0.15, -0.1) is 0 Å². The molecule has 114 valence electrons. The monoisotopic (exact) mass is 321 g/mol. The number of rotatable bonds is 4. The van der Waals surface area contributed by atoms with Crippen LogP contribution in [0.25, 0.3) is 11.3 Å². The van der Waals surface area contributed by atoms with Gasteiger partial charge in [-0.2, -0.15) is 0 Å². The van der Waals surface area contributed by atoms with Gasteiger partial charge < -0.3 is 5.32 Å². The molecule has 5 heteroatoms. The highest BCUT2D eigenvalue weighted by atomic mass is 32.2. The van der Waals surface area contributed by atoms with Crippen molar-refractivity contribution < 1.29 is 4.79 Å². The van der Waals surface area contributed by atoms with Crippen LogP contribution in [-0.4, -0.2) is 15.9 Å². The molecule has 0 atom stereocenters. The molecule has 0 saturated heterocycles. The molecule has 0 spiro atoms. The van der Waals surface area contributed by atoms with Gasteiger partial charge in [0.1, 0.15) is 0 Å². The molecular formula is C18H15N3OS. The van der Waals surface area contributed by atoms with E-state index in [4.69, 9.17) is 0 Å². The second-order valence-corrected chi connectivity index (χ2v) is 5.94. The van der Waals surface area contributed by atoms with Gasteiger partial charge in [0.2, 0.25) is 5.91 Å². The zero-order valence-electron chi connectivity index (χ0n) is 12.6. The second kappa shape index (κ2) is 7.07. The standard InChI is InChI=1S/C18H15N3OS/c1-13(22)20-15-7-9-16(10-8-15)23-18-19-12-11-17(21-18)14-5-3-2-4-6-14/h2-12H,1H3,(H,20,22). The van der Waals surface area contributed by atoms with Gasteiger partial charge in [0, 0.05) is 29.3 Å². The van der Waals surface area contributed by atoms with Crippen LogP contribution in [0.2, 0.25) is 0 Å². The van der Waals surface area contributed by atoms with Gasteiger partial charge in [-0.05, 0) is 42.1 Å². The van der Waals surface area contributed by atoms with Crippen LogP contribution >= 0.6 is 11.8 Å². The predicted molar refractivity (Wildman–Crippen MR) is 92.3 cm³/mol. The highest BCUT2D eigenvalue weighted by molar-refractivity contribution is 7.99. The molecule has 0 aliphatic rings. The SMILES string of the molecule is CC(=O)Nc1ccc(Sc2nccc(-c3ccccc3)n2)cc1. The van der Waals surface area contributed by atoms with Crippen LogP contribution in [0.1, 0.15) is 6.92 Å². The van der Waals surface area contributed by atoms with Crippen LogP contribution in [0, 0.1) is 0 Å². The van der Waals surface area contributed by atoms with Gasteiger partial charge in [-0.3, -0.25) is 4.79 Å². The third-order valence-corrected chi connectivity index (χ3v) is 3.97. The summed E-state index contributed by atoms with van der Waals surface area (Å²) in [5.74, 6) is -0.0794. The van der Waals surface area contributed by atoms with Crippen molar-refractivity contribution in [1.29, 1.82) is 0 Å². The Bertz CT molecular complexity index is 804. The van der Waals surface area contributed by atoms with Crippen molar-refractivity contribution in [3.63, 3.8) is 0 Å². The number of carbonyl (C=O) groups is 1. The Morgan fingerprint density at radius 3 is 2.43 bits per heavy atom. The van der Waals surface area contributed by atoms with Crippen LogP contribution in [0.4, 0.5) is 5.69 Å². The molecule has 2 aromatic carbocycles. The molecule has 1 amide bonds. The van der Waals surface area contributed by atoms with Crippen molar-refractivity contribution in [3.05, 3.63) is 66.9 Å². The molecule has 0 unspecified atom stereocenters. The van der Waals surface area contributed by atoms with Crippen molar-refractivity contribution in [3.8, 4) is 11.3 Å². The first-order valence-electron chi connectivity index (χ1n) is 7.15. The number of hydrogen-bond acceptors (Lipinski definition) is 4. The number of aromatic nitrogens is 2. The van der Waals surface area contributed by atoms with Crippen LogP contribution < -0.4 is 5.32 Å². The maximum atomic E-state index is 11.0. The molecule has 1 aromatic heterocycles. The van der Waals surface area contributed by atoms with Crippen LogP contribution in [-0.2, 0) is 4.79 Å². The summed E-state index contributed by atoms with van der Waals surface area (Å²) in [7, 11) is 0. The van der Waals surface area contributed by atoms with E-state index < -0.39 is 0 Å². The molecule has 3 aromatic rings. The first-order valence-corrected chi connectivity index (χ1v) is 7.96. The van der Waals surface area contributed by atoms with E-state index in [9.17, 15) is 4.79 Å². The normalized spacial score (nSPS) is 10.3. The van der Waals surface area contributed by atoms with Gasteiger partial charge in [-0.25, -0.2) is 9.97 Å². The molecule has 4 nitrogen and oxygen atoms in total. The third-order valence-electron chi connectivity index (χ3n) is 3.09. The lowest BCUT2D eigenvalue weighted by Gasteiger charge is -2.05. The molecule has 0 aliphatic carbocycles. The molecule has 0 radical (unpaired) electrons. The zero-order valence-corrected chi connectivity index (χ0v) is 13.4. The summed E-state index contributed by atoms with van der Waals surface area (Å²) < 4.78 is 0. The summed E-state index contributed by atoms with van der Waals surface area (Å²) in [4.78, 5) is 20.9. The predicted octanol–water partition coefficient (Wildman–Crippen LogP) is 4.25. The van der Waals surface area contributed by atoms with Gasteiger partial charge >= 0.3 is 0 Å². The van der Waals surface area contributed by atoms with E-state index in [2.05, 4.69) is 15.3 Å². The summed E-state index contributed by atoms with van der Waals surface area (Å²) in [5, 5.41) is 3.44. The fraction of sp³-hybridized carbons (Fsp3) is 0.0556. The van der Waals surface area contributed by atoms with Gasteiger partial charge in [0.25, 0.3) is 0 Å². The molecule has 0 bridgehead atoms. The van der Waals surface area contributed by atoms with E-state index in [-0.39, 0.29) is 5.91 Å². The fourth-order valence-electron chi connectivity index (χ4n) is 2.07. The number of hydrogen-bond donors (Lipinski definition) is 1. The Balaban J connectivity index is 1.77. The van der Waals surface area contributed by atoms with E-state index in [0.717, 1.165) is 21.8 Å². The maximum absolute atomic E-state index is 11.0. The average Bonchev–Trinajstić information content (AvgIpc) is 2.57. The molecular weight excluding hydrogens is 306 g/mol. The van der Waals surface area contributed by atoms with Crippen molar-refractivity contribution in [1.82, 2.24) is 9.97 Å². The van der Waals surface area contributed by atoms with Crippen molar-refractivity contribution in [2.24, 2.45) is 0 Å². The lowest BCUT2D eigenvalue weighted by Crippen LogP contribution is -2.05. The number of nitrogens with one attached hydrogen (secondary N) is 1. The quantitative estimate of drug-likeness (QED) is 0.730. The van der Waals surface area contributed by atoms with Crippen LogP contribution in [0.15, 0.2) is 76.9 Å². The van der Waals surface area contributed by atoms with Gasteiger partial charge in [-0.1, -0.05) is 30.3 Å². The minimum atomic E-state index is -0.0794. The number of nitrogens with zero attached hydrogens (tertiary/aromatic N) is 2. The van der Waals surface area contributed by atoms with Crippen LogP contribution in [0.5, 0.6) is 0 Å². The molecule has 0 saturated carbocycles. The Kier molecular flexibility index (Phi) is 4.68. The highest BCUT2D eigenvalue weighted by Gasteiger charge is 2.04. The third kappa shape index (κ3) is 4.17. The number of anilines is 1. The lowest BCUT2D eigenvalue weighted by atomic mass is 10.1. The van der Waals surface area contributed by atoms with Crippen LogP contribution in [0.3, 0.4) is 0 Å². The molecule has 0 aliphatic heterocycles. The maximum Gasteiger partial charge on any atom is 0.221 e. The summed E-state index contributed by atoms with van der Waals surface area (Å²) in [6.45, 7) is 1.49. The Morgan fingerprint density at radius 2 is 1.74 bits per heavy atom. The Morgan fingerprint density at radius 1 is 1.00 bits per heavy atom. The van der Waals surface area contributed by atoms with Crippen molar-refractivity contribution >= 4 is 23.4 Å². The minimum Gasteiger partial charge on any atom is -0.326 e. The molecule has 1 N–H and O–H groups in total.